The summed E-state index contributed by atoms with van der Waals surface area (Å²) in [5.41, 5.74) is 3.45. The first-order chi connectivity index (χ1) is 13.9. The third kappa shape index (κ3) is 3.47. The highest BCUT2D eigenvalue weighted by Crippen LogP contribution is 2.24. The van der Waals surface area contributed by atoms with E-state index in [0.717, 1.165) is 21.7 Å². The number of ether oxygens (including phenoxy) is 1. The number of aliphatic hydroxyl groups is 1. The van der Waals surface area contributed by atoms with Crippen LogP contribution in [0.1, 0.15) is 33.0 Å². The summed E-state index contributed by atoms with van der Waals surface area (Å²) in [7, 11) is 0. The molecule has 3 N–H and O–H groups in total. The molecule has 0 radical (unpaired) electrons. The van der Waals surface area contributed by atoms with Crippen molar-refractivity contribution in [1.82, 2.24) is 20.0 Å². The van der Waals surface area contributed by atoms with Gasteiger partial charge in [-0.1, -0.05) is 0 Å². The zero-order valence-electron chi connectivity index (χ0n) is 16.2. The SMILES string of the molecule is Cc1cc2ccc(OCc3scnc3C)cn2c1C(=O)NC1(CO)CCNC1=O. The monoisotopic (exact) mass is 414 g/mol. The number of hydrogen-bond donors (Lipinski definition) is 3. The van der Waals surface area contributed by atoms with Gasteiger partial charge in [0.05, 0.1) is 28.9 Å². The maximum Gasteiger partial charge on any atom is 0.269 e. The number of pyridine rings is 1. The Morgan fingerprint density at radius 1 is 1.45 bits per heavy atom. The number of hydrogen-bond acceptors (Lipinski definition) is 6. The predicted octanol–water partition coefficient (Wildman–Crippen LogP) is 1.57. The maximum atomic E-state index is 13.0. The summed E-state index contributed by atoms with van der Waals surface area (Å²) in [6, 6.07) is 5.63. The lowest BCUT2D eigenvalue weighted by molar-refractivity contribution is -0.125. The number of fused-ring (bicyclic) bond motifs is 1. The van der Waals surface area contributed by atoms with Gasteiger partial charge in [0.2, 0.25) is 5.91 Å². The quantitative estimate of drug-likeness (QED) is 0.568. The van der Waals surface area contributed by atoms with Crippen LogP contribution in [0.2, 0.25) is 0 Å². The Bertz CT molecular complexity index is 1090. The van der Waals surface area contributed by atoms with Crippen molar-refractivity contribution in [3.63, 3.8) is 0 Å². The van der Waals surface area contributed by atoms with Crippen molar-refractivity contribution in [3.8, 4) is 5.75 Å². The number of thiazole rings is 1. The van der Waals surface area contributed by atoms with Crippen LogP contribution < -0.4 is 15.4 Å². The lowest BCUT2D eigenvalue weighted by Gasteiger charge is -2.25. The van der Waals surface area contributed by atoms with Crippen molar-refractivity contribution in [2.45, 2.75) is 32.4 Å². The average Bonchev–Trinajstić information content (AvgIpc) is 3.37. The number of nitrogens with one attached hydrogen (secondary N) is 2. The van der Waals surface area contributed by atoms with Crippen molar-refractivity contribution in [1.29, 1.82) is 0 Å². The molecule has 3 aromatic heterocycles. The van der Waals surface area contributed by atoms with Gasteiger partial charge in [-0.3, -0.25) is 9.59 Å². The van der Waals surface area contributed by atoms with E-state index in [0.29, 0.717) is 31.0 Å². The Balaban J connectivity index is 1.61. The molecule has 0 aromatic carbocycles. The molecule has 1 fully saturated rings. The number of nitrogens with zero attached hydrogens (tertiary/aromatic N) is 2. The molecular weight excluding hydrogens is 392 g/mol. The second kappa shape index (κ2) is 7.49. The van der Waals surface area contributed by atoms with Gasteiger partial charge in [0.1, 0.15) is 23.6 Å². The third-order valence-electron chi connectivity index (χ3n) is 5.26. The maximum absolute atomic E-state index is 13.0. The number of aryl methyl sites for hydroxylation is 2. The van der Waals surface area contributed by atoms with Crippen LogP contribution in [0.25, 0.3) is 5.52 Å². The first-order valence-electron chi connectivity index (χ1n) is 9.29. The fourth-order valence-corrected chi connectivity index (χ4v) is 4.22. The Morgan fingerprint density at radius 2 is 2.28 bits per heavy atom. The van der Waals surface area contributed by atoms with Gasteiger partial charge in [-0.25, -0.2) is 4.98 Å². The smallest absolute Gasteiger partial charge is 0.269 e. The van der Waals surface area contributed by atoms with E-state index in [4.69, 9.17) is 4.74 Å². The van der Waals surface area contributed by atoms with Crippen molar-refractivity contribution < 1.29 is 19.4 Å². The van der Waals surface area contributed by atoms with E-state index >= 15 is 0 Å². The largest absolute Gasteiger partial charge is 0.486 e. The fourth-order valence-electron chi connectivity index (χ4n) is 3.53. The molecule has 0 aliphatic carbocycles. The summed E-state index contributed by atoms with van der Waals surface area (Å²) >= 11 is 1.54. The highest BCUT2D eigenvalue weighted by Gasteiger charge is 2.43. The van der Waals surface area contributed by atoms with Crippen LogP contribution in [0.3, 0.4) is 0 Å². The highest BCUT2D eigenvalue weighted by molar-refractivity contribution is 7.09. The molecule has 29 heavy (non-hydrogen) atoms. The van der Waals surface area contributed by atoms with Crippen LogP contribution in [-0.4, -0.2) is 45.0 Å². The second-order valence-corrected chi connectivity index (χ2v) is 8.12. The lowest BCUT2D eigenvalue weighted by Crippen LogP contribution is -2.56. The molecule has 0 saturated carbocycles. The van der Waals surface area contributed by atoms with E-state index < -0.39 is 18.1 Å². The molecule has 3 aromatic rings. The fraction of sp³-hybridized carbons (Fsp3) is 0.350. The van der Waals surface area contributed by atoms with Crippen LogP contribution in [0, 0.1) is 13.8 Å². The van der Waals surface area contributed by atoms with E-state index in [2.05, 4.69) is 15.6 Å². The Morgan fingerprint density at radius 3 is 2.93 bits per heavy atom. The number of aliphatic hydroxyl groups excluding tert-OH is 1. The molecule has 1 atom stereocenters. The lowest BCUT2D eigenvalue weighted by atomic mass is 9.98. The van der Waals surface area contributed by atoms with Crippen LogP contribution in [0.4, 0.5) is 0 Å². The summed E-state index contributed by atoms with van der Waals surface area (Å²) in [5, 5.41) is 15.1. The molecule has 9 heteroatoms. The van der Waals surface area contributed by atoms with Gasteiger partial charge >= 0.3 is 0 Å². The van der Waals surface area contributed by atoms with E-state index in [-0.39, 0.29) is 5.91 Å². The van der Waals surface area contributed by atoms with E-state index in [1.54, 1.807) is 16.1 Å². The van der Waals surface area contributed by atoms with Crippen LogP contribution in [0.15, 0.2) is 29.9 Å². The standard InChI is InChI=1S/C20H22N4O4S/c1-12-7-14-3-4-15(28-9-16-13(2)22-11-29-16)8-24(14)17(12)18(26)23-20(10-25)5-6-21-19(20)27/h3-4,7-8,11,25H,5-6,9-10H2,1-2H3,(H,21,27)(H,23,26). The topological polar surface area (TPSA) is 105 Å². The Hall–Kier alpha value is -2.91. The number of rotatable bonds is 6. The molecule has 1 saturated heterocycles. The highest BCUT2D eigenvalue weighted by atomic mass is 32.1. The van der Waals surface area contributed by atoms with E-state index in [9.17, 15) is 14.7 Å². The van der Waals surface area contributed by atoms with Gasteiger partial charge in [0.25, 0.3) is 5.91 Å². The normalized spacial score (nSPS) is 18.8. The second-order valence-electron chi connectivity index (χ2n) is 7.19. The van der Waals surface area contributed by atoms with Crippen molar-refractivity contribution in [2.24, 2.45) is 0 Å². The molecule has 1 aliphatic rings. The summed E-state index contributed by atoms with van der Waals surface area (Å²) in [6.07, 6.45) is 2.10. The molecule has 0 spiro atoms. The van der Waals surface area contributed by atoms with Crippen LogP contribution in [0.5, 0.6) is 5.75 Å². The molecular formula is C20H22N4O4S. The Kier molecular flexibility index (Phi) is 5.01. The Labute approximate surface area is 171 Å². The van der Waals surface area contributed by atoms with Crippen LogP contribution >= 0.6 is 11.3 Å². The van der Waals surface area contributed by atoms with Gasteiger partial charge in [0, 0.05) is 12.1 Å². The van der Waals surface area contributed by atoms with Gasteiger partial charge < -0.3 is 24.9 Å². The van der Waals surface area contributed by atoms with Gasteiger partial charge in [-0.2, -0.15) is 0 Å². The molecule has 2 amide bonds. The molecule has 0 bridgehead atoms. The van der Waals surface area contributed by atoms with E-state index in [1.807, 2.05) is 32.0 Å². The molecule has 1 unspecified atom stereocenters. The van der Waals surface area contributed by atoms with E-state index in [1.165, 1.54) is 11.3 Å². The van der Waals surface area contributed by atoms with Gasteiger partial charge in [-0.05, 0) is 44.0 Å². The zero-order chi connectivity index (χ0) is 20.6. The first kappa shape index (κ1) is 19.4. The van der Waals surface area contributed by atoms with Crippen molar-refractivity contribution in [3.05, 3.63) is 51.7 Å². The summed E-state index contributed by atoms with van der Waals surface area (Å²) in [4.78, 5) is 30.4. The minimum Gasteiger partial charge on any atom is -0.486 e. The minimum absolute atomic E-state index is 0.346. The van der Waals surface area contributed by atoms with Crippen molar-refractivity contribution in [2.75, 3.05) is 13.2 Å². The summed E-state index contributed by atoms with van der Waals surface area (Å²) in [6.45, 7) is 4.14. The number of aromatic nitrogens is 2. The first-order valence-corrected chi connectivity index (χ1v) is 10.2. The molecule has 4 heterocycles. The number of carbonyl (C=O) groups excluding carboxylic acids is 2. The molecule has 152 valence electrons. The summed E-state index contributed by atoms with van der Waals surface area (Å²) < 4.78 is 7.64. The number of carbonyl (C=O) groups is 2. The third-order valence-corrected chi connectivity index (χ3v) is 6.16. The average molecular weight is 414 g/mol. The van der Waals surface area contributed by atoms with Gasteiger partial charge in [0.15, 0.2) is 0 Å². The summed E-state index contributed by atoms with van der Waals surface area (Å²) in [5.74, 6) is -0.162. The number of amides is 2. The zero-order valence-corrected chi connectivity index (χ0v) is 17.0. The minimum atomic E-state index is -1.29. The van der Waals surface area contributed by atoms with Gasteiger partial charge in [-0.15, -0.1) is 11.3 Å². The van der Waals surface area contributed by atoms with Crippen LogP contribution in [-0.2, 0) is 11.4 Å². The molecule has 4 rings (SSSR count). The molecule has 1 aliphatic heterocycles. The predicted molar refractivity (Wildman–Crippen MR) is 108 cm³/mol. The molecule has 8 nitrogen and oxygen atoms in total. The van der Waals surface area contributed by atoms with Crippen molar-refractivity contribution >= 4 is 28.7 Å².